The molecule has 0 aliphatic carbocycles. The van der Waals surface area contributed by atoms with Crippen molar-refractivity contribution in [3.05, 3.63) is 64.8 Å². The molecule has 0 unspecified atom stereocenters. The van der Waals surface area contributed by atoms with Crippen LogP contribution >= 0.6 is 15.9 Å². The van der Waals surface area contributed by atoms with Crippen LogP contribution in [0.1, 0.15) is 5.56 Å². The minimum Gasteiger partial charge on any atom is -0.454 e. The minimum atomic E-state index is 0.473. The molecule has 2 aromatic carbocycles. The van der Waals surface area contributed by atoms with Gasteiger partial charge in [-0.15, -0.1) is 0 Å². The van der Waals surface area contributed by atoms with Crippen molar-refractivity contribution in [2.45, 2.75) is 0 Å². The molecule has 0 bridgehead atoms. The van der Waals surface area contributed by atoms with E-state index in [1.54, 1.807) is 12.3 Å². The van der Waals surface area contributed by atoms with E-state index in [0.29, 0.717) is 21.5 Å². The van der Waals surface area contributed by atoms with Crippen LogP contribution in [0.2, 0.25) is 0 Å². The highest BCUT2D eigenvalue weighted by atomic mass is 79.9. The van der Waals surface area contributed by atoms with E-state index >= 15 is 0 Å². The zero-order chi connectivity index (χ0) is 13.9. The van der Waals surface area contributed by atoms with Crippen molar-refractivity contribution in [1.82, 2.24) is 4.98 Å². The molecule has 3 rings (SSSR count). The van der Waals surface area contributed by atoms with E-state index in [1.807, 2.05) is 42.5 Å². The van der Waals surface area contributed by atoms with Crippen LogP contribution in [0.4, 0.5) is 0 Å². The molecule has 1 aromatic heterocycles. The van der Waals surface area contributed by atoms with E-state index in [-0.39, 0.29) is 0 Å². The van der Waals surface area contributed by atoms with Crippen molar-refractivity contribution >= 4 is 26.8 Å². The third kappa shape index (κ3) is 2.36. The predicted molar refractivity (Wildman–Crippen MR) is 80.7 cm³/mol. The molecule has 0 atom stereocenters. The first-order valence-corrected chi connectivity index (χ1v) is 6.78. The van der Waals surface area contributed by atoms with Gasteiger partial charge < -0.3 is 4.74 Å². The fourth-order valence-electron chi connectivity index (χ4n) is 1.93. The van der Waals surface area contributed by atoms with Crippen molar-refractivity contribution < 1.29 is 4.74 Å². The molecule has 0 amide bonds. The average Bonchev–Trinajstić information content (AvgIpc) is 2.47. The minimum absolute atomic E-state index is 0.473. The summed E-state index contributed by atoms with van der Waals surface area (Å²) in [5.74, 6) is 1.12. The molecule has 0 aliphatic rings. The number of halogens is 1. The molecule has 96 valence electrons. The van der Waals surface area contributed by atoms with Gasteiger partial charge >= 0.3 is 0 Å². The van der Waals surface area contributed by atoms with Gasteiger partial charge in [0, 0.05) is 9.86 Å². The first kappa shape index (κ1) is 12.6. The Labute approximate surface area is 124 Å². The number of hydrogen-bond donors (Lipinski definition) is 0. The van der Waals surface area contributed by atoms with Gasteiger partial charge in [0.25, 0.3) is 0 Å². The zero-order valence-corrected chi connectivity index (χ0v) is 12.0. The smallest absolute Gasteiger partial charge is 0.146 e. The molecule has 0 radical (unpaired) electrons. The summed E-state index contributed by atoms with van der Waals surface area (Å²) < 4.78 is 6.49. The van der Waals surface area contributed by atoms with Crippen LogP contribution in [0, 0.1) is 11.3 Å². The molecular formula is C16H9BrN2O. The maximum absolute atomic E-state index is 9.17. The molecule has 3 nitrogen and oxygen atoms in total. The van der Waals surface area contributed by atoms with Crippen LogP contribution in [0.15, 0.2) is 59.2 Å². The number of pyridine rings is 1. The van der Waals surface area contributed by atoms with Gasteiger partial charge in [-0.2, -0.15) is 5.26 Å². The molecule has 4 heteroatoms. The summed E-state index contributed by atoms with van der Waals surface area (Å²) in [5.41, 5.74) is 1.38. The molecule has 0 saturated carbocycles. The SMILES string of the molecule is N#Cc1c(Br)cccc1Oc1cnc2ccccc2c1. The number of rotatable bonds is 2. The van der Waals surface area contributed by atoms with Crippen LogP contribution in [0.5, 0.6) is 11.5 Å². The number of aromatic nitrogens is 1. The van der Waals surface area contributed by atoms with Crippen LogP contribution in [-0.2, 0) is 0 Å². The Morgan fingerprint density at radius 1 is 1.10 bits per heavy atom. The molecule has 0 aliphatic heterocycles. The topological polar surface area (TPSA) is 45.9 Å². The number of nitrogens with zero attached hydrogens (tertiary/aromatic N) is 2. The quantitative estimate of drug-likeness (QED) is 0.688. The van der Waals surface area contributed by atoms with Gasteiger partial charge in [0.15, 0.2) is 0 Å². The fourth-order valence-corrected chi connectivity index (χ4v) is 2.37. The lowest BCUT2D eigenvalue weighted by molar-refractivity contribution is 0.479. The summed E-state index contributed by atoms with van der Waals surface area (Å²) in [7, 11) is 0. The van der Waals surface area contributed by atoms with E-state index in [9.17, 15) is 5.26 Å². The molecule has 0 saturated heterocycles. The third-order valence-corrected chi connectivity index (χ3v) is 3.54. The van der Waals surface area contributed by atoms with E-state index < -0.39 is 0 Å². The van der Waals surface area contributed by atoms with Crippen LogP contribution in [0.3, 0.4) is 0 Å². The van der Waals surface area contributed by atoms with Gasteiger partial charge in [-0.3, -0.25) is 4.98 Å². The number of para-hydroxylation sites is 1. The first-order valence-electron chi connectivity index (χ1n) is 5.99. The molecule has 3 aromatic rings. The van der Waals surface area contributed by atoms with Crippen molar-refractivity contribution in [2.75, 3.05) is 0 Å². The summed E-state index contributed by atoms with van der Waals surface area (Å²) in [6.07, 6.45) is 1.66. The van der Waals surface area contributed by atoms with Crippen molar-refractivity contribution in [2.24, 2.45) is 0 Å². The molecule has 0 N–H and O–H groups in total. The predicted octanol–water partition coefficient (Wildman–Crippen LogP) is 4.66. The van der Waals surface area contributed by atoms with E-state index in [0.717, 1.165) is 10.9 Å². The second kappa shape index (κ2) is 5.32. The molecule has 0 spiro atoms. The Morgan fingerprint density at radius 3 is 2.80 bits per heavy atom. The van der Waals surface area contributed by atoms with Gasteiger partial charge in [-0.1, -0.05) is 24.3 Å². The Hall–Kier alpha value is -2.38. The van der Waals surface area contributed by atoms with Gasteiger partial charge in [0.05, 0.1) is 11.7 Å². The van der Waals surface area contributed by atoms with Crippen LogP contribution < -0.4 is 4.74 Å². The number of fused-ring (bicyclic) bond motifs is 1. The molecule has 1 heterocycles. The number of nitriles is 1. The summed E-state index contributed by atoms with van der Waals surface area (Å²) in [6.45, 7) is 0. The second-order valence-electron chi connectivity index (χ2n) is 4.19. The summed E-state index contributed by atoms with van der Waals surface area (Å²) in [6, 6.07) is 17.2. The van der Waals surface area contributed by atoms with Crippen LogP contribution in [0.25, 0.3) is 10.9 Å². The Balaban J connectivity index is 2.02. The standard InChI is InChI=1S/C16H9BrN2O/c17-14-5-3-7-16(13(14)9-18)20-12-8-11-4-1-2-6-15(11)19-10-12/h1-8,10H. The average molecular weight is 325 g/mol. The monoisotopic (exact) mass is 324 g/mol. The molecule has 0 fully saturated rings. The highest BCUT2D eigenvalue weighted by Crippen LogP contribution is 2.30. The van der Waals surface area contributed by atoms with Crippen molar-refractivity contribution in [3.8, 4) is 17.6 Å². The number of hydrogen-bond acceptors (Lipinski definition) is 3. The van der Waals surface area contributed by atoms with Crippen molar-refractivity contribution in [3.63, 3.8) is 0 Å². The zero-order valence-electron chi connectivity index (χ0n) is 10.4. The second-order valence-corrected chi connectivity index (χ2v) is 5.04. The normalized spacial score (nSPS) is 10.2. The van der Waals surface area contributed by atoms with E-state index in [2.05, 4.69) is 27.0 Å². The number of benzene rings is 2. The lowest BCUT2D eigenvalue weighted by Gasteiger charge is -2.08. The maximum Gasteiger partial charge on any atom is 0.146 e. The highest BCUT2D eigenvalue weighted by Gasteiger charge is 2.08. The first-order chi connectivity index (χ1) is 9.78. The Bertz CT molecular complexity index is 824. The molecular weight excluding hydrogens is 316 g/mol. The molecule has 20 heavy (non-hydrogen) atoms. The van der Waals surface area contributed by atoms with E-state index in [4.69, 9.17) is 4.74 Å². The van der Waals surface area contributed by atoms with E-state index in [1.165, 1.54) is 0 Å². The summed E-state index contributed by atoms with van der Waals surface area (Å²) >= 11 is 3.34. The van der Waals surface area contributed by atoms with Gasteiger partial charge in [0.1, 0.15) is 23.1 Å². The number of ether oxygens (including phenoxy) is 1. The Kier molecular flexibility index (Phi) is 3.36. The summed E-state index contributed by atoms with van der Waals surface area (Å²) in [5, 5.41) is 10.2. The van der Waals surface area contributed by atoms with Crippen molar-refractivity contribution in [1.29, 1.82) is 5.26 Å². The Morgan fingerprint density at radius 2 is 1.95 bits per heavy atom. The largest absolute Gasteiger partial charge is 0.454 e. The van der Waals surface area contributed by atoms with Gasteiger partial charge in [-0.25, -0.2) is 0 Å². The van der Waals surface area contributed by atoms with Gasteiger partial charge in [0.2, 0.25) is 0 Å². The lowest BCUT2D eigenvalue weighted by atomic mass is 10.2. The fraction of sp³-hybridized carbons (Fsp3) is 0. The third-order valence-electron chi connectivity index (χ3n) is 2.88. The van der Waals surface area contributed by atoms with Gasteiger partial charge in [-0.05, 0) is 40.2 Å². The highest BCUT2D eigenvalue weighted by molar-refractivity contribution is 9.10. The lowest BCUT2D eigenvalue weighted by Crippen LogP contribution is -1.90. The maximum atomic E-state index is 9.17. The summed E-state index contributed by atoms with van der Waals surface area (Å²) in [4.78, 5) is 4.34. The van der Waals surface area contributed by atoms with Crippen LogP contribution in [-0.4, -0.2) is 4.98 Å².